The summed E-state index contributed by atoms with van der Waals surface area (Å²) >= 11 is 0. The Balaban J connectivity index is 1.76. The summed E-state index contributed by atoms with van der Waals surface area (Å²) in [6.45, 7) is 5.26. The minimum Gasteiger partial charge on any atom is -0.488 e. The zero-order valence-electron chi connectivity index (χ0n) is 19.3. The zero-order chi connectivity index (χ0) is 25.0. The smallest absolute Gasteiger partial charge is 0.306 e. The lowest BCUT2D eigenvalue weighted by molar-refractivity contribution is -0.155. The Morgan fingerprint density at radius 2 is 1.91 bits per heavy atom. The van der Waals surface area contributed by atoms with Crippen molar-refractivity contribution in [2.45, 2.75) is 58.4 Å². The van der Waals surface area contributed by atoms with Crippen molar-refractivity contribution < 1.29 is 28.2 Å². The largest absolute Gasteiger partial charge is 0.488 e. The van der Waals surface area contributed by atoms with Gasteiger partial charge in [0.25, 0.3) is 5.91 Å². The van der Waals surface area contributed by atoms with Crippen molar-refractivity contribution in [2.75, 3.05) is 0 Å². The molecule has 1 atom stereocenters. The second-order valence-corrected chi connectivity index (χ2v) is 9.00. The predicted octanol–water partition coefficient (Wildman–Crippen LogP) is 3.21. The number of fused-ring (bicyclic) bond motifs is 1. The topological polar surface area (TPSA) is 123 Å². The summed E-state index contributed by atoms with van der Waals surface area (Å²) in [4.78, 5) is 38.5. The van der Waals surface area contributed by atoms with E-state index in [1.807, 2.05) is 6.07 Å². The quantitative estimate of drug-likeness (QED) is 0.595. The van der Waals surface area contributed by atoms with Gasteiger partial charge in [-0.05, 0) is 51.0 Å². The summed E-state index contributed by atoms with van der Waals surface area (Å²) in [5.74, 6) is -2.34. The highest BCUT2D eigenvalue weighted by Gasteiger charge is 2.38. The van der Waals surface area contributed by atoms with Gasteiger partial charge in [0.1, 0.15) is 29.8 Å². The number of nitrogens with two attached hydrogens (primary N) is 1. The number of carbonyl (C=O) groups is 3. The fourth-order valence-corrected chi connectivity index (χ4v) is 3.68. The van der Waals surface area contributed by atoms with Crippen LogP contribution in [0, 0.1) is 17.1 Å². The molecular formula is C25H26FN3O5. The number of ether oxygens (including phenoxy) is 2. The molecule has 0 bridgehead atoms. The fraction of sp³-hybridized carbons (Fsp3) is 0.360. The molecule has 2 N–H and O–H groups in total. The van der Waals surface area contributed by atoms with Crippen LogP contribution in [0.3, 0.4) is 0 Å². The molecule has 34 heavy (non-hydrogen) atoms. The number of primary amides is 1. The van der Waals surface area contributed by atoms with E-state index in [2.05, 4.69) is 0 Å². The van der Waals surface area contributed by atoms with Crippen LogP contribution in [0.25, 0.3) is 0 Å². The van der Waals surface area contributed by atoms with E-state index in [0.717, 1.165) is 11.6 Å². The second-order valence-electron chi connectivity index (χ2n) is 9.00. The molecule has 2 aromatic rings. The van der Waals surface area contributed by atoms with Crippen molar-refractivity contribution in [1.29, 1.82) is 5.26 Å². The Labute approximate surface area is 197 Å². The third-order valence-electron chi connectivity index (χ3n) is 5.22. The lowest BCUT2D eigenvalue weighted by Gasteiger charge is -2.26. The van der Waals surface area contributed by atoms with Crippen molar-refractivity contribution in [3.8, 4) is 11.8 Å². The van der Waals surface area contributed by atoms with E-state index < -0.39 is 35.2 Å². The van der Waals surface area contributed by atoms with E-state index in [1.165, 1.54) is 11.0 Å². The van der Waals surface area contributed by atoms with Gasteiger partial charge in [0.05, 0.1) is 23.7 Å². The molecule has 1 heterocycles. The van der Waals surface area contributed by atoms with Crippen LogP contribution in [0.15, 0.2) is 36.4 Å². The molecule has 1 unspecified atom stereocenters. The number of esters is 1. The number of benzene rings is 2. The zero-order valence-corrected chi connectivity index (χ0v) is 19.3. The lowest BCUT2D eigenvalue weighted by Crippen LogP contribution is -2.45. The van der Waals surface area contributed by atoms with Gasteiger partial charge in [0, 0.05) is 18.1 Å². The standard InChI is InChI=1S/C25H26FN3O5/c1-25(2,3)34-22(30)9-8-20(23(28)31)29-13-19-18(24(29)32)10-17(26)11-21(19)33-14-16-6-4-15(12-27)5-7-16/h4-7,10-11,20H,8-9,13-14H2,1-3H3,(H2,28,31). The number of carbonyl (C=O) groups excluding carboxylic acids is 3. The monoisotopic (exact) mass is 467 g/mol. The van der Waals surface area contributed by atoms with Crippen LogP contribution in [-0.4, -0.2) is 34.3 Å². The SMILES string of the molecule is CC(C)(C)OC(=O)CCC(C(N)=O)N1Cc2c(OCc3ccc(C#N)cc3)cc(F)cc2C1=O. The van der Waals surface area contributed by atoms with Crippen LogP contribution in [0.5, 0.6) is 5.75 Å². The van der Waals surface area contributed by atoms with E-state index in [9.17, 15) is 18.8 Å². The Hall–Kier alpha value is -3.93. The van der Waals surface area contributed by atoms with Crippen LogP contribution >= 0.6 is 0 Å². The highest BCUT2D eigenvalue weighted by Crippen LogP contribution is 2.34. The van der Waals surface area contributed by atoms with E-state index in [1.54, 1.807) is 45.0 Å². The molecule has 0 fully saturated rings. The molecule has 0 radical (unpaired) electrons. The molecule has 1 aliphatic rings. The van der Waals surface area contributed by atoms with Crippen molar-refractivity contribution in [3.05, 3.63) is 64.5 Å². The van der Waals surface area contributed by atoms with Crippen molar-refractivity contribution in [3.63, 3.8) is 0 Å². The molecule has 2 amide bonds. The van der Waals surface area contributed by atoms with Gasteiger partial charge in [-0.15, -0.1) is 0 Å². The number of hydrogen-bond donors (Lipinski definition) is 1. The summed E-state index contributed by atoms with van der Waals surface area (Å²) in [6.07, 6.45) is -0.130. The molecule has 178 valence electrons. The molecule has 0 spiro atoms. The molecule has 0 saturated carbocycles. The van der Waals surface area contributed by atoms with Gasteiger partial charge in [0.15, 0.2) is 0 Å². The van der Waals surface area contributed by atoms with Crippen molar-refractivity contribution in [1.82, 2.24) is 4.90 Å². The summed E-state index contributed by atoms with van der Waals surface area (Å²) in [5, 5.41) is 8.91. The van der Waals surface area contributed by atoms with Gasteiger partial charge >= 0.3 is 5.97 Å². The number of hydrogen-bond acceptors (Lipinski definition) is 6. The highest BCUT2D eigenvalue weighted by molar-refractivity contribution is 6.01. The van der Waals surface area contributed by atoms with Crippen LogP contribution in [0.1, 0.15) is 60.7 Å². The summed E-state index contributed by atoms with van der Waals surface area (Å²) in [7, 11) is 0. The van der Waals surface area contributed by atoms with Gasteiger partial charge in [-0.2, -0.15) is 5.26 Å². The predicted molar refractivity (Wildman–Crippen MR) is 120 cm³/mol. The van der Waals surface area contributed by atoms with Gasteiger partial charge in [-0.3, -0.25) is 14.4 Å². The van der Waals surface area contributed by atoms with Gasteiger partial charge in [-0.1, -0.05) is 12.1 Å². The van der Waals surface area contributed by atoms with Crippen molar-refractivity contribution >= 4 is 17.8 Å². The van der Waals surface area contributed by atoms with Crippen molar-refractivity contribution in [2.24, 2.45) is 5.73 Å². The molecule has 1 aliphatic heterocycles. The molecular weight excluding hydrogens is 441 g/mol. The first-order valence-electron chi connectivity index (χ1n) is 10.7. The first-order chi connectivity index (χ1) is 16.0. The number of nitrogens with zero attached hydrogens (tertiary/aromatic N) is 2. The first kappa shape index (κ1) is 24.7. The summed E-state index contributed by atoms with van der Waals surface area (Å²) in [6, 6.07) is 9.95. The number of amides is 2. The maximum atomic E-state index is 14.3. The van der Waals surface area contributed by atoms with Crippen LogP contribution < -0.4 is 10.5 Å². The van der Waals surface area contributed by atoms with Crippen LogP contribution in [0.2, 0.25) is 0 Å². The van der Waals surface area contributed by atoms with E-state index in [4.69, 9.17) is 20.5 Å². The Morgan fingerprint density at radius 1 is 1.24 bits per heavy atom. The molecule has 2 aromatic carbocycles. The minimum atomic E-state index is -1.07. The first-order valence-corrected chi connectivity index (χ1v) is 10.7. The maximum Gasteiger partial charge on any atom is 0.306 e. The maximum absolute atomic E-state index is 14.3. The Kier molecular flexibility index (Phi) is 7.20. The highest BCUT2D eigenvalue weighted by atomic mass is 19.1. The number of rotatable bonds is 8. The summed E-state index contributed by atoms with van der Waals surface area (Å²) < 4.78 is 25.3. The van der Waals surface area contributed by atoms with Gasteiger partial charge in [0.2, 0.25) is 5.91 Å². The second kappa shape index (κ2) is 9.91. The lowest BCUT2D eigenvalue weighted by atomic mass is 10.1. The fourth-order valence-electron chi connectivity index (χ4n) is 3.68. The van der Waals surface area contributed by atoms with E-state index in [0.29, 0.717) is 11.1 Å². The van der Waals surface area contributed by atoms with Gasteiger partial charge < -0.3 is 20.1 Å². The third-order valence-corrected chi connectivity index (χ3v) is 5.22. The Morgan fingerprint density at radius 3 is 2.50 bits per heavy atom. The normalized spacial score (nSPS) is 13.7. The van der Waals surface area contributed by atoms with Crippen LogP contribution in [-0.2, 0) is 27.5 Å². The Bertz CT molecular complexity index is 1150. The average Bonchev–Trinajstić information content (AvgIpc) is 3.07. The molecule has 8 nitrogen and oxygen atoms in total. The molecule has 0 aliphatic carbocycles. The van der Waals surface area contributed by atoms with Crippen LogP contribution in [0.4, 0.5) is 4.39 Å². The third kappa shape index (κ3) is 5.90. The summed E-state index contributed by atoms with van der Waals surface area (Å²) in [5.41, 5.74) is 6.63. The van der Waals surface area contributed by atoms with E-state index in [-0.39, 0.29) is 37.3 Å². The molecule has 9 heteroatoms. The molecule has 3 rings (SSSR count). The van der Waals surface area contributed by atoms with E-state index >= 15 is 0 Å². The average molecular weight is 467 g/mol. The van der Waals surface area contributed by atoms with Gasteiger partial charge in [-0.25, -0.2) is 4.39 Å². The molecule has 0 saturated heterocycles. The number of nitriles is 1. The minimum absolute atomic E-state index is 0.0148. The number of halogens is 1. The molecule has 0 aromatic heterocycles.